The van der Waals surface area contributed by atoms with E-state index in [0.29, 0.717) is 4.47 Å². The molecule has 0 aliphatic carbocycles. The van der Waals surface area contributed by atoms with Crippen LogP contribution >= 0.6 is 15.9 Å². The summed E-state index contributed by atoms with van der Waals surface area (Å²) in [5.74, 6) is -1.95. The molecule has 0 aliphatic rings. The smallest absolute Gasteiger partial charge is 0.328 e. The molecular weight excluding hydrogens is 292 g/mol. The fourth-order valence-electron chi connectivity index (χ4n) is 1.16. The minimum Gasteiger partial charge on any atom is -0.480 e. The van der Waals surface area contributed by atoms with Crippen molar-refractivity contribution in [2.75, 3.05) is 12.3 Å². The fraction of sp³-hybridized carbons (Fsp3) is 0.200. The predicted octanol–water partition coefficient (Wildman–Crippen LogP) is 0.207. The third-order valence-corrected chi connectivity index (χ3v) is 2.54. The van der Waals surface area contributed by atoms with E-state index < -0.39 is 24.5 Å². The highest BCUT2D eigenvalue weighted by Crippen LogP contribution is 2.18. The fourth-order valence-corrected chi connectivity index (χ4v) is 1.54. The number of carboxylic acids is 1. The summed E-state index contributed by atoms with van der Waals surface area (Å²) in [6, 6.07) is 3.26. The number of halogens is 1. The molecule has 92 valence electrons. The number of anilines is 1. The molecule has 0 spiro atoms. The molecule has 0 fully saturated rings. The molecule has 0 bridgehead atoms. The first kappa shape index (κ1) is 13.5. The van der Waals surface area contributed by atoms with Gasteiger partial charge < -0.3 is 21.3 Å². The normalized spacial score (nSPS) is 11.9. The second kappa shape index (κ2) is 5.65. The third-order valence-electron chi connectivity index (χ3n) is 2.04. The Balaban J connectivity index is 2.86. The third kappa shape index (κ3) is 3.43. The molecule has 0 aromatic heterocycles. The van der Waals surface area contributed by atoms with Crippen molar-refractivity contribution >= 4 is 33.5 Å². The van der Waals surface area contributed by atoms with Gasteiger partial charge in [-0.2, -0.15) is 0 Å². The predicted molar refractivity (Wildman–Crippen MR) is 64.5 cm³/mol. The molecule has 0 saturated carbocycles. The molecule has 0 aliphatic heterocycles. The summed E-state index contributed by atoms with van der Waals surface area (Å²) in [7, 11) is 0. The molecule has 1 rings (SSSR count). The van der Waals surface area contributed by atoms with Crippen LogP contribution in [0.15, 0.2) is 22.7 Å². The van der Waals surface area contributed by atoms with Crippen molar-refractivity contribution in [1.82, 2.24) is 5.32 Å². The van der Waals surface area contributed by atoms with E-state index in [2.05, 4.69) is 21.2 Å². The Morgan fingerprint density at radius 1 is 1.47 bits per heavy atom. The lowest BCUT2D eigenvalue weighted by Crippen LogP contribution is -2.43. The summed E-state index contributed by atoms with van der Waals surface area (Å²) < 4.78 is 0.712. The van der Waals surface area contributed by atoms with Crippen LogP contribution in [0.2, 0.25) is 0 Å². The van der Waals surface area contributed by atoms with Crippen molar-refractivity contribution in [1.29, 1.82) is 0 Å². The summed E-state index contributed by atoms with van der Waals surface area (Å²) in [5, 5.41) is 19.6. The van der Waals surface area contributed by atoms with Crippen LogP contribution in [-0.2, 0) is 4.79 Å². The first-order valence-corrected chi connectivity index (χ1v) is 5.44. The van der Waals surface area contributed by atoms with Crippen molar-refractivity contribution in [3.05, 3.63) is 28.2 Å². The van der Waals surface area contributed by atoms with E-state index >= 15 is 0 Å². The van der Waals surface area contributed by atoms with Crippen molar-refractivity contribution in [3.8, 4) is 0 Å². The highest BCUT2D eigenvalue weighted by atomic mass is 79.9. The molecule has 1 aromatic rings. The summed E-state index contributed by atoms with van der Waals surface area (Å²) in [6.07, 6.45) is 0. The average Bonchev–Trinajstić information content (AvgIpc) is 2.24. The van der Waals surface area contributed by atoms with Gasteiger partial charge in [-0.25, -0.2) is 4.79 Å². The molecule has 0 unspecified atom stereocenters. The lowest BCUT2D eigenvalue weighted by atomic mass is 10.1. The van der Waals surface area contributed by atoms with Crippen LogP contribution in [-0.4, -0.2) is 34.7 Å². The van der Waals surface area contributed by atoms with Gasteiger partial charge in [0.25, 0.3) is 5.91 Å². The van der Waals surface area contributed by atoms with Gasteiger partial charge in [-0.1, -0.05) is 15.9 Å². The Labute approximate surface area is 106 Å². The summed E-state index contributed by atoms with van der Waals surface area (Å²) in [4.78, 5) is 22.3. The number of aliphatic carboxylic acids is 1. The number of nitrogens with two attached hydrogens (primary N) is 1. The number of carbonyl (C=O) groups excluding carboxylic acids is 1. The SMILES string of the molecule is Nc1cc(Br)ccc1C(=O)N[C@@H](CO)C(=O)O. The van der Waals surface area contributed by atoms with Gasteiger partial charge >= 0.3 is 5.97 Å². The minimum absolute atomic E-state index is 0.160. The van der Waals surface area contributed by atoms with Gasteiger partial charge in [-0.05, 0) is 18.2 Å². The lowest BCUT2D eigenvalue weighted by Gasteiger charge is -2.12. The van der Waals surface area contributed by atoms with E-state index in [0.717, 1.165) is 0 Å². The number of hydrogen-bond donors (Lipinski definition) is 4. The number of amides is 1. The number of aliphatic hydroxyl groups is 1. The summed E-state index contributed by atoms with van der Waals surface area (Å²) >= 11 is 3.19. The molecule has 7 heteroatoms. The standard InChI is InChI=1S/C10H11BrN2O4/c11-5-1-2-6(7(12)3-5)9(15)13-8(4-14)10(16)17/h1-3,8,14H,4,12H2,(H,13,15)(H,16,17)/t8-/m0/s1. The molecule has 0 radical (unpaired) electrons. The van der Waals surface area contributed by atoms with Gasteiger partial charge in [0.1, 0.15) is 0 Å². The number of carboxylic acid groups (broad SMARTS) is 1. The zero-order chi connectivity index (χ0) is 13.0. The molecule has 1 atom stereocenters. The average molecular weight is 303 g/mol. The van der Waals surface area contributed by atoms with E-state index in [9.17, 15) is 9.59 Å². The van der Waals surface area contributed by atoms with Crippen LogP contribution in [0.5, 0.6) is 0 Å². The van der Waals surface area contributed by atoms with Gasteiger partial charge in [0.15, 0.2) is 6.04 Å². The number of rotatable bonds is 4. The highest BCUT2D eigenvalue weighted by Gasteiger charge is 2.20. The molecule has 1 amide bonds. The number of hydrogen-bond acceptors (Lipinski definition) is 4. The maximum absolute atomic E-state index is 11.7. The number of nitrogen functional groups attached to an aromatic ring is 1. The Bertz CT molecular complexity index is 450. The summed E-state index contributed by atoms with van der Waals surface area (Å²) in [6.45, 7) is -0.683. The van der Waals surface area contributed by atoms with Gasteiger partial charge in [-0.15, -0.1) is 0 Å². The molecule has 0 saturated heterocycles. The van der Waals surface area contributed by atoms with E-state index in [1.807, 2.05) is 0 Å². The molecule has 6 nitrogen and oxygen atoms in total. The monoisotopic (exact) mass is 302 g/mol. The van der Waals surface area contributed by atoms with Gasteiger partial charge in [-0.3, -0.25) is 4.79 Å². The quantitative estimate of drug-likeness (QED) is 0.594. The molecule has 0 heterocycles. The summed E-state index contributed by atoms with van der Waals surface area (Å²) in [5.41, 5.74) is 6.00. The second-order valence-corrected chi connectivity index (χ2v) is 4.19. The van der Waals surface area contributed by atoms with E-state index in [4.69, 9.17) is 15.9 Å². The second-order valence-electron chi connectivity index (χ2n) is 3.28. The minimum atomic E-state index is -1.34. The van der Waals surface area contributed by atoms with Crippen molar-refractivity contribution < 1.29 is 19.8 Å². The highest BCUT2D eigenvalue weighted by molar-refractivity contribution is 9.10. The van der Waals surface area contributed by atoms with Gasteiger partial charge in [0.05, 0.1) is 12.2 Å². The van der Waals surface area contributed by atoms with Crippen LogP contribution in [0, 0.1) is 0 Å². The Morgan fingerprint density at radius 3 is 2.59 bits per heavy atom. The molecule has 5 N–H and O–H groups in total. The Morgan fingerprint density at radius 2 is 2.12 bits per heavy atom. The van der Waals surface area contributed by atoms with Crippen molar-refractivity contribution in [2.24, 2.45) is 0 Å². The molecule has 17 heavy (non-hydrogen) atoms. The Hall–Kier alpha value is -1.60. The van der Waals surface area contributed by atoms with Gasteiger partial charge in [0, 0.05) is 10.2 Å². The number of nitrogens with one attached hydrogen (secondary N) is 1. The van der Waals surface area contributed by atoms with Crippen molar-refractivity contribution in [3.63, 3.8) is 0 Å². The van der Waals surface area contributed by atoms with Crippen LogP contribution in [0.3, 0.4) is 0 Å². The number of carbonyl (C=O) groups is 2. The topological polar surface area (TPSA) is 113 Å². The maximum atomic E-state index is 11.7. The maximum Gasteiger partial charge on any atom is 0.328 e. The Kier molecular flexibility index (Phi) is 4.47. The lowest BCUT2D eigenvalue weighted by molar-refractivity contribution is -0.140. The first-order valence-electron chi connectivity index (χ1n) is 4.65. The molecule has 1 aromatic carbocycles. The largest absolute Gasteiger partial charge is 0.480 e. The molecular formula is C10H11BrN2O4. The zero-order valence-corrected chi connectivity index (χ0v) is 10.3. The van der Waals surface area contributed by atoms with Crippen LogP contribution < -0.4 is 11.1 Å². The van der Waals surface area contributed by atoms with E-state index in [-0.39, 0.29) is 11.3 Å². The van der Waals surface area contributed by atoms with Gasteiger partial charge in [0.2, 0.25) is 0 Å². The van der Waals surface area contributed by atoms with Crippen molar-refractivity contribution in [2.45, 2.75) is 6.04 Å². The van der Waals surface area contributed by atoms with Crippen LogP contribution in [0.4, 0.5) is 5.69 Å². The zero-order valence-electron chi connectivity index (χ0n) is 8.68. The number of aliphatic hydroxyl groups excluding tert-OH is 1. The first-order chi connectivity index (χ1) is 7.95. The van der Waals surface area contributed by atoms with E-state index in [1.54, 1.807) is 6.07 Å². The number of benzene rings is 1. The van der Waals surface area contributed by atoms with Crippen LogP contribution in [0.1, 0.15) is 10.4 Å². The van der Waals surface area contributed by atoms with E-state index in [1.165, 1.54) is 12.1 Å². The van der Waals surface area contributed by atoms with Crippen LogP contribution in [0.25, 0.3) is 0 Å².